The van der Waals surface area contributed by atoms with Crippen LogP contribution in [0.4, 0.5) is 0 Å². The highest BCUT2D eigenvalue weighted by atomic mass is 35.5. The normalized spacial score (nSPS) is 14.1. The predicted molar refractivity (Wildman–Crippen MR) is 116 cm³/mol. The Labute approximate surface area is 183 Å². The van der Waals surface area contributed by atoms with Gasteiger partial charge >= 0.3 is 0 Å². The van der Waals surface area contributed by atoms with Crippen molar-refractivity contribution in [1.82, 2.24) is 0 Å². The molecule has 29 heavy (non-hydrogen) atoms. The molecule has 0 bridgehead atoms. The monoisotopic (exact) mass is 444 g/mol. The minimum atomic E-state index is -0.217. The number of fused-ring (bicyclic) bond motifs is 1. The lowest BCUT2D eigenvalue weighted by atomic mass is 10.0. The van der Waals surface area contributed by atoms with Crippen molar-refractivity contribution in [2.24, 2.45) is 0 Å². The molecule has 0 amide bonds. The number of rotatable bonds is 4. The lowest BCUT2D eigenvalue weighted by Crippen LogP contribution is -2.00. The molecule has 0 aliphatic carbocycles. The number of carbonyl (C=O) groups excluding carboxylic acids is 1. The maximum atomic E-state index is 12.8. The standard InChI is InChI=1S/C23H15Cl3O3/c1-13-9-15(28-12-14-5-2-3-6-17(14)24)10-20-22(13)23(27)21(29-20)11-16-18(25)7-4-8-19(16)26/h2-11H,12H2,1H3/b21-11-. The van der Waals surface area contributed by atoms with Gasteiger partial charge in [-0.15, -0.1) is 0 Å². The second-order valence-corrected chi connectivity index (χ2v) is 7.79. The fraction of sp³-hybridized carbons (Fsp3) is 0.0870. The molecule has 3 aromatic carbocycles. The van der Waals surface area contributed by atoms with E-state index in [1.807, 2.05) is 37.3 Å². The summed E-state index contributed by atoms with van der Waals surface area (Å²) in [6.07, 6.45) is 1.57. The minimum Gasteiger partial charge on any atom is -0.489 e. The van der Waals surface area contributed by atoms with E-state index in [1.165, 1.54) is 0 Å². The lowest BCUT2D eigenvalue weighted by Gasteiger charge is -2.10. The molecule has 0 unspecified atom stereocenters. The SMILES string of the molecule is Cc1cc(OCc2ccccc2Cl)cc2c1C(=O)/C(=C/c1c(Cl)cccc1Cl)O2. The fourth-order valence-electron chi connectivity index (χ4n) is 3.12. The van der Waals surface area contributed by atoms with Crippen LogP contribution in [0.2, 0.25) is 15.1 Å². The average molecular weight is 446 g/mol. The molecule has 0 spiro atoms. The molecule has 1 heterocycles. The van der Waals surface area contributed by atoms with Crippen LogP contribution < -0.4 is 9.47 Å². The van der Waals surface area contributed by atoms with Crippen LogP contribution in [0.15, 0.2) is 60.4 Å². The number of Topliss-reactive ketones (excluding diaryl/α,β-unsaturated/α-hetero) is 1. The Kier molecular flexibility index (Phi) is 5.55. The lowest BCUT2D eigenvalue weighted by molar-refractivity contribution is 0.101. The number of aryl methyl sites for hydroxylation is 1. The Hall–Kier alpha value is -2.46. The summed E-state index contributed by atoms with van der Waals surface area (Å²) in [5.74, 6) is 0.983. The van der Waals surface area contributed by atoms with Gasteiger partial charge in [0.05, 0.1) is 5.56 Å². The topological polar surface area (TPSA) is 35.5 Å². The molecule has 0 N–H and O–H groups in total. The van der Waals surface area contributed by atoms with E-state index in [4.69, 9.17) is 44.3 Å². The van der Waals surface area contributed by atoms with Crippen molar-refractivity contribution in [3.05, 3.63) is 97.7 Å². The van der Waals surface area contributed by atoms with Crippen molar-refractivity contribution in [3.63, 3.8) is 0 Å². The van der Waals surface area contributed by atoms with Gasteiger partial charge in [-0.3, -0.25) is 4.79 Å². The third kappa shape index (κ3) is 3.99. The molecule has 1 aliphatic heterocycles. The zero-order chi connectivity index (χ0) is 20.5. The minimum absolute atomic E-state index is 0.168. The van der Waals surface area contributed by atoms with Crippen molar-refractivity contribution in [3.8, 4) is 11.5 Å². The Morgan fingerprint density at radius 2 is 1.66 bits per heavy atom. The third-order valence-corrected chi connectivity index (χ3v) is 5.60. The van der Waals surface area contributed by atoms with Crippen LogP contribution in [0, 0.1) is 6.92 Å². The number of halogens is 3. The van der Waals surface area contributed by atoms with Gasteiger partial charge in [0.2, 0.25) is 5.78 Å². The van der Waals surface area contributed by atoms with Gasteiger partial charge in [-0.1, -0.05) is 59.1 Å². The zero-order valence-electron chi connectivity index (χ0n) is 15.3. The van der Waals surface area contributed by atoms with Crippen LogP contribution in [0.5, 0.6) is 11.5 Å². The van der Waals surface area contributed by atoms with Gasteiger partial charge in [0.25, 0.3) is 0 Å². The van der Waals surface area contributed by atoms with Crippen molar-refractivity contribution in [2.75, 3.05) is 0 Å². The number of hydrogen-bond donors (Lipinski definition) is 0. The van der Waals surface area contributed by atoms with Crippen molar-refractivity contribution in [2.45, 2.75) is 13.5 Å². The first-order valence-corrected chi connectivity index (χ1v) is 9.96. The first-order chi connectivity index (χ1) is 13.9. The van der Waals surface area contributed by atoms with E-state index in [-0.39, 0.29) is 11.5 Å². The number of hydrogen-bond acceptors (Lipinski definition) is 3. The van der Waals surface area contributed by atoms with Gasteiger partial charge in [0, 0.05) is 32.3 Å². The summed E-state index contributed by atoms with van der Waals surface area (Å²) in [6, 6.07) is 16.1. The highest BCUT2D eigenvalue weighted by Crippen LogP contribution is 2.39. The van der Waals surface area contributed by atoms with Crippen LogP contribution in [0.1, 0.15) is 27.0 Å². The highest BCUT2D eigenvalue weighted by Gasteiger charge is 2.30. The van der Waals surface area contributed by atoms with Crippen LogP contribution in [0.25, 0.3) is 6.08 Å². The molecule has 3 nitrogen and oxygen atoms in total. The average Bonchev–Trinajstić information content (AvgIpc) is 3.00. The molecule has 0 fully saturated rings. The molecule has 4 rings (SSSR count). The van der Waals surface area contributed by atoms with E-state index in [0.717, 1.165) is 11.1 Å². The Balaban J connectivity index is 1.62. The summed E-state index contributed by atoms with van der Waals surface area (Å²) in [5.41, 5.74) is 2.68. The van der Waals surface area contributed by atoms with Gasteiger partial charge in [-0.05, 0) is 42.8 Å². The zero-order valence-corrected chi connectivity index (χ0v) is 17.6. The molecule has 0 atom stereocenters. The van der Waals surface area contributed by atoms with Crippen LogP contribution >= 0.6 is 34.8 Å². The van der Waals surface area contributed by atoms with Crippen molar-refractivity contribution < 1.29 is 14.3 Å². The van der Waals surface area contributed by atoms with E-state index < -0.39 is 0 Å². The number of allylic oxidation sites excluding steroid dienone is 1. The van der Waals surface area contributed by atoms with E-state index in [1.54, 1.807) is 30.3 Å². The number of benzene rings is 3. The van der Waals surface area contributed by atoms with Crippen LogP contribution in [-0.4, -0.2) is 5.78 Å². The summed E-state index contributed by atoms with van der Waals surface area (Å²) in [5, 5.41) is 1.52. The van der Waals surface area contributed by atoms with Gasteiger partial charge in [-0.25, -0.2) is 0 Å². The summed E-state index contributed by atoms with van der Waals surface area (Å²) in [6.45, 7) is 2.15. The maximum Gasteiger partial charge on any atom is 0.232 e. The van der Waals surface area contributed by atoms with E-state index >= 15 is 0 Å². The largest absolute Gasteiger partial charge is 0.489 e. The highest BCUT2D eigenvalue weighted by molar-refractivity contribution is 6.37. The summed E-state index contributed by atoms with van der Waals surface area (Å²) in [4.78, 5) is 12.8. The second kappa shape index (κ2) is 8.11. The van der Waals surface area contributed by atoms with Crippen LogP contribution in [-0.2, 0) is 6.61 Å². The molecule has 0 saturated heterocycles. The molecule has 0 radical (unpaired) electrons. The van der Waals surface area contributed by atoms with Crippen molar-refractivity contribution in [1.29, 1.82) is 0 Å². The Morgan fingerprint density at radius 1 is 0.966 bits per heavy atom. The fourth-order valence-corrected chi connectivity index (χ4v) is 3.81. The molecule has 6 heteroatoms. The third-order valence-electron chi connectivity index (χ3n) is 4.57. The smallest absolute Gasteiger partial charge is 0.232 e. The molecular weight excluding hydrogens is 431 g/mol. The van der Waals surface area contributed by atoms with Gasteiger partial charge < -0.3 is 9.47 Å². The van der Waals surface area contributed by atoms with Crippen molar-refractivity contribution >= 4 is 46.7 Å². The van der Waals surface area contributed by atoms with Crippen LogP contribution in [0.3, 0.4) is 0 Å². The van der Waals surface area contributed by atoms with E-state index in [9.17, 15) is 4.79 Å². The molecule has 3 aromatic rings. The Morgan fingerprint density at radius 3 is 2.38 bits per heavy atom. The number of ether oxygens (including phenoxy) is 2. The molecule has 0 saturated carbocycles. The maximum absolute atomic E-state index is 12.8. The van der Waals surface area contributed by atoms with Gasteiger partial charge in [0.15, 0.2) is 5.76 Å². The first kappa shape index (κ1) is 19.8. The predicted octanol–water partition coefficient (Wildman–Crippen LogP) is 7.15. The number of carbonyl (C=O) groups is 1. The summed E-state index contributed by atoms with van der Waals surface area (Å²) < 4.78 is 11.7. The second-order valence-electron chi connectivity index (χ2n) is 6.57. The Bertz CT molecular complexity index is 1130. The summed E-state index contributed by atoms with van der Waals surface area (Å²) >= 11 is 18.6. The van der Waals surface area contributed by atoms with E-state index in [0.29, 0.717) is 44.3 Å². The molecule has 1 aliphatic rings. The molecular formula is C23H15Cl3O3. The first-order valence-electron chi connectivity index (χ1n) is 8.83. The number of ketones is 1. The quantitative estimate of drug-likeness (QED) is 0.400. The van der Waals surface area contributed by atoms with Gasteiger partial charge in [0.1, 0.15) is 18.1 Å². The molecule has 146 valence electrons. The summed E-state index contributed by atoms with van der Waals surface area (Å²) in [7, 11) is 0. The van der Waals surface area contributed by atoms with Gasteiger partial charge in [-0.2, -0.15) is 0 Å². The molecule has 0 aromatic heterocycles. The van der Waals surface area contributed by atoms with E-state index in [2.05, 4.69) is 0 Å².